The molecule has 4 rings (SSSR count). The lowest BCUT2D eigenvalue weighted by Gasteiger charge is -2.38. The molecule has 2 atom stereocenters. The lowest BCUT2D eigenvalue weighted by molar-refractivity contribution is -0.0533. The van der Waals surface area contributed by atoms with Gasteiger partial charge in [-0.25, -0.2) is 0 Å². The summed E-state index contributed by atoms with van der Waals surface area (Å²) in [5.41, 5.74) is 4.94. The standard InChI is InChI=1S/C30H44N4O4/c1-20-24(12-9-21-7-10-22(11-8-21)30(2,3)4)28(37-6)33-32-27(20)29(35)34-16-13-23(14-17-34)31-25-15-18-38-19-26(25)36-5/h7-8,10-11,23,25-26,31H,9,12-19H2,1-6H3. The monoisotopic (exact) mass is 524 g/mol. The van der Waals surface area contributed by atoms with Crippen LogP contribution >= 0.6 is 0 Å². The van der Waals surface area contributed by atoms with E-state index < -0.39 is 0 Å². The Bertz CT molecular complexity index is 1070. The minimum atomic E-state index is -0.0484. The van der Waals surface area contributed by atoms with E-state index >= 15 is 0 Å². The number of piperidine rings is 1. The number of rotatable bonds is 8. The minimum absolute atomic E-state index is 0.0484. The van der Waals surface area contributed by atoms with E-state index in [2.05, 4.69) is 60.6 Å². The average molecular weight is 525 g/mol. The van der Waals surface area contributed by atoms with Gasteiger partial charge in [-0.3, -0.25) is 4.79 Å². The summed E-state index contributed by atoms with van der Waals surface area (Å²) in [7, 11) is 3.35. The summed E-state index contributed by atoms with van der Waals surface area (Å²) in [6.45, 7) is 11.4. The number of amides is 1. The van der Waals surface area contributed by atoms with Gasteiger partial charge in [0.1, 0.15) is 0 Å². The summed E-state index contributed by atoms with van der Waals surface area (Å²) in [6, 6.07) is 9.45. The number of methoxy groups -OCH3 is 2. The maximum Gasteiger partial charge on any atom is 0.274 e. The van der Waals surface area contributed by atoms with E-state index in [1.54, 1.807) is 14.2 Å². The summed E-state index contributed by atoms with van der Waals surface area (Å²) in [5.74, 6) is 0.449. The Hall–Kier alpha value is -2.55. The van der Waals surface area contributed by atoms with Gasteiger partial charge in [-0.15, -0.1) is 10.2 Å². The molecular weight excluding hydrogens is 480 g/mol. The predicted octanol–water partition coefficient (Wildman–Crippen LogP) is 3.87. The second-order valence-electron chi connectivity index (χ2n) is 11.6. The molecule has 1 aromatic carbocycles. The summed E-state index contributed by atoms with van der Waals surface area (Å²) in [4.78, 5) is 15.4. The highest BCUT2D eigenvalue weighted by Crippen LogP contribution is 2.26. The Labute approximate surface area is 227 Å². The lowest BCUT2D eigenvalue weighted by Crippen LogP contribution is -2.54. The molecule has 0 spiro atoms. The fourth-order valence-corrected chi connectivity index (χ4v) is 5.47. The van der Waals surface area contributed by atoms with Crippen molar-refractivity contribution < 1.29 is 19.0 Å². The molecule has 2 aliphatic heterocycles. The van der Waals surface area contributed by atoms with Crippen LogP contribution in [0.1, 0.15) is 72.8 Å². The van der Waals surface area contributed by atoms with Gasteiger partial charge < -0.3 is 24.4 Å². The highest BCUT2D eigenvalue weighted by atomic mass is 16.5. The number of benzene rings is 1. The molecule has 38 heavy (non-hydrogen) atoms. The third-order valence-electron chi connectivity index (χ3n) is 8.03. The smallest absolute Gasteiger partial charge is 0.274 e. The first-order valence-electron chi connectivity index (χ1n) is 13.9. The molecular formula is C30H44N4O4. The van der Waals surface area contributed by atoms with Crippen LogP contribution in [0.25, 0.3) is 0 Å². The zero-order valence-corrected chi connectivity index (χ0v) is 23.9. The Morgan fingerprint density at radius 3 is 2.42 bits per heavy atom. The number of hydrogen-bond donors (Lipinski definition) is 1. The average Bonchev–Trinajstić information content (AvgIpc) is 2.92. The van der Waals surface area contributed by atoms with Crippen molar-refractivity contribution in [1.29, 1.82) is 0 Å². The van der Waals surface area contributed by atoms with Gasteiger partial charge in [-0.05, 0) is 61.1 Å². The van der Waals surface area contributed by atoms with Crippen LogP contribution in [0.5, 0.6) is 5.88 Å². The molecule has 2 fully saturated rings. The molecule has 0 radical (unpaired) electrons. The minimum Gasteiger partial charge on any atom is -0.480 e. The van der Waals surface area contributed by atoms with Crippen molar-refractivity contribution in [1.82, 2.24) is 20.4 Å². The number of likely N-dealkylation sites (tertiary alicyclic amines) is 1. The second kappa shape index (κ2) is 12.5. The van der Waals surface area contributed by atoms with Crippen LogP contribution in [0.15, 0.2) is 24.3 Å². The number of aromatic nitrogens is 2. The van der Waals surface area contributed by atoms with Crippen molar-refractivity contribution >= 4 is 5.91 Å². The molecule has 0 bridgehead atoms. The maximum atomic E-state index is 13.5. The molecule has 0 aliphatic carbocycles. The number of carbonyl (C=O) groups is 1. The molecule has 1 N–H and O–H groups in total. The van der Waals surface area contributed by atoms with Crippen molar-refractivity contribution in [3.8, 4) is 5.88 Å². The highest BCUT2D eigenvalue weighted by Gasteiger charge is 2.31. The van der Waals surface area contributed by atoms with Crippen LogP contribution in [0.4, 0.5) is 0 Å². The first-order valence-corrected chi connectivity index (χ1v) is 13.9. The fourth-order valence-electron chi connectivity index (χ4n) is 5.47. The molecule has 2 aliphatic rings. The second-order valence-corrected chi connectivity index (χ2v) is 11.6. The topological polar surface area (TPSA) is 85.8 Å². The van der Waals surface area contributed by atoms with Crippen LogP contribution in [0.2, 0.25) is 0 Å². The van der Waals surface area contributed by atoms with Gasteiger partial charge in [0, 0.05) is 44.5 Å². The van der Waals surface area contributed by atoms with Crippen LogP contribution < -0.4 is 10.1 Å². The number of hydrogen-bond acceptors (Lipinski definition) is 7. The quantitative estimate of drug-likeness (QED) is 0.561. The zero-order valence-electron chi connectivity index (χ0n) is 23.9. The summed E-state index contributed by atoms with van der Waals surface area (Å²) in [6.07, 6.45) is 4.40. The lowest BCUT2D eigenvalue weighted by atomic mass is 9.86. The van der Waals surface area contributed by atoms with Crippen molar-refractivity contribution in [2.75, 3.05) is 40.5 Å². The maximum absolute atomic E-state index is 13.5. The molecule has 1 aromatic heterocycles. The van der Waals surface area contributed by atoms with Crippen LogP contribution in [0, 0.1) is 6.92 Å². The largest absolute Gasteiger partial charge is 0.480 e. The molecule has 208 valence electrons. The SMILES string of the molecule is COc1nnc(C(=O)N2CCC(NC3CCOCC3OC)CC2)c(C)c1CCc1ccc(C(C)(C)C)cc1. The number of carbonyl (C=O) groups excluding carboxylic acids is 1. The molecule has 8 heteroatoms. The highest BCUT2D eigenvalue weighted by molar-refractivity contribution is 5.94. The Morgan fingerprint density at radius 2 is 1.79 bits per heavy atom. The van der Waals surface area contributed by atoms with Crippen molar-refractivity contribution in [3.05, 3.63) is 52.2 Å². The zero-order chi connectivity index (χ0) is 27.3. The molecule has 2 aromatic rings. The van der Waals surface area contributed by atoms with Gasteiger partial charge in [0.2, 0.25) is 5.88 Å². The van der Waals surface area contributed by atoms with Gasteiger partial charge in [-0.1, -0.05) is 45.0 Å². The van der Waals surface area contributed by atoms with E-state index in [0.717, 1.165) is 49.8 Å². The van der Waals surface area contributed by atoms with Gasteiger partial charge in [0.15, 0.2) is 5.69 Å². The van der Waals surface area contributed by atoms with Crippen LogP contribution in [-0.4, -0.2) is 79.7 Å². The van der Waals surface area contributed by atoms with E-state index in [0.29, 0.717) is 43.4 Å². The van der Waals surface area contributed by atoms with Crippen molar-refractivity contribution in [3.63, 3.8) is 0 Å². The number of ether oxygens (including phenoxy) is 3. The molecule has 3 heterocycles. The summed E-state index contributed by atoms with van der Waals surface area (Å²) < 4.78 is 16.7. The number of aryl methyl sites for hydroxylation is 1. The Kier molecular flexibility index (Phi) is 9.39. The Morgan fingerprint density at radius 1 is 1.08 bits per heavy atom. The predicted molar refractivity (Wildman–Crippen MR) is 148 cm³/mol. The third-order valence-corrected chi connectivity index (χ3v) is 8.03. The van der Waals surface area contributed by atoms with E-state index in [-0.39, 0.29) is 17.4 Å². The van der Waals surface area contributed by atoms with Crippen molar-refractivity contribution in [2.45, 2.75) is 83.4 Å². The Balaban J connectivity index is 1.39. The van der Waals surface area contributed by atoms with Gasteiger partial charge in [0.05, 0.1) is 19.8 Å². The number of nitrogens with one attached hydrogen (secondary N) is 1. The molecule has 2 unspecified atom stereocenters. The van der Waals surface area contributed by atoms with E-state index in [1.165, 1.54) is 11.1 Å². The van der Waals surface area contributed by atoms with Gasteiger partial charge in [0.25, 0.3) is 5.91 Å². The molecule has 8 nitrogen and oxygen atoms in total. The van der Waals surface area contributed by atoms with E-state index in [9.17, 15) is 4.79 Å². The van der Waals surface area contributed by atoms with Crippen LogP contribution in [-0.2, 0) is 27.7 Å². The van der Waals surface area contributed by atoms with E-state index in [1.807, 2.05) is 11.8 Å². The summed E-state index contributed by atoms with van der Waals surface area (Å²) >= 11 is 0. The first kappa shape index (κ1) is 28.5. The van der Waals surface area contributed by atoms with E-state index in [4.69, 9.17) is 14.2 Å². The van der Waals surface area contributed by atoms with Crippen LogP contribution in [0.3, 0.4) is 0 Å². The molecule has 1 amide bonds. The van der Waals surface area contributed by atoms with Gasteiger partial charge in [-0.2, -0.15) is 0 Å². The normalized spacial score (nSPS) is 20.9. The summed E-state index contributed by atoms with van der Waals surface area (Å²) in [5, 5.41) is 12.3. The first-order chi connectivity index (χ1) is 18.2. The number of nitrogens with zero attached hydrogens (tertiary/aromatic N) is 3. The molecule has 0 saturated carbocycles. The third kappa shape index (κ3) is 6.71. The van der Waals surface area contributed by atoms with Crippen molar-refractivity contribution in [2.24, 2.45) is 0 Å². The fraction of sp³-hybridized carbons (Fsp3) is 0.633. The molecule has 2 saturated heterocycles. The van der Waals surface area contributed by atoms with Gasteiger partial charge >= 0.3 is 0 Å².